The summed E-state index contributed by atoms with van der Waals surface area (Å²) in [6.45, 7) is 0.629. The highest BCUT2D eigenvalue weighted by atomic mass is 16.5. The van der Waals surface area contributed by atoms with Crippen molar-refractivity contribution in [1.82, 2.24) is 0 Å². The number of ether oxygens (including phenoxy) is 1. The van der Waals surface area contributed by atoms with Gasteiger partial charge in [0.05, 0.1) is 5.56 Å². The predicted octanol–water partition coefficient (Wildman–Crippen LogP) is 0.720. The molecule has 2 rings (SSSR count). The van der Waals surface area contributed by atoms with Gasteiger partial charge in [0, 0.05) is 6.54 Å². The van der Waals surface area contributed by atoms with Crippen molar-refractivity contribution in [1.29, 1.82) is 0 Å². The van der Waals surface area contributed by atoms with Gasteiger partial charge in [-0.25, -0.2) is 0 Å². The van der Waals surface area contributed by atoms with Crippen LogP contribution in [0.3, 0.4) is 0 Å². The topological polar surface area (TPSA) is 52.3 Å². The number of hydrogen-bond acceptors (Lipinski definition) is 3. The smallest absolute Gasteiger partial charge is 0.203 e. The number of ketones is 1. The monoisotopic (exact) mass is 163 g/mol. The van der Waals surface area contributed by atoms with E-state index in [2.05, 4.69) is 0 Å². The molecule has 0 unspecified atom stereocenters. The molecule has 3 heteroatoms. The molecule has 2 N–H and O–H groups in total. The molecule has 0 radical (unpaired) electrons. The maximum atomic E-state index is 11.2. The highest BCUT2D eigenvalue weighted by molar-refractivity contribution is 6.02. The van der Waals surface area contributed by atoms with E-state index in [4.69, 9.17) is 10.5 Å². The van der Waals surface area contributed by atoms with Crippen LogP contribution in [0.25, 0.3) is 0 Å². The fraction of sp³-hybridized carbons (Fsp3) is 0.222. The highest BCUT2D eigenvalue weighted by Crippen LogP contribution is 2.25. The van der Waals surface area contributed by atoms with Crippen LogP contribution >= 0.6 is 0 Å². The molecule has 0 bridgehead atoms. The fourth-order valence-corrected chi connectivity index (χ4v) is 1.27. The van der Waals surface area contributed by atoms with Crippen LogP contribution in [0.2, 0.25) is 0 Å². The first-order valence-corrected chi connectivity index (χ1v) is 3.80. The van der Waals surface area contributed by atoms with Crippen LogP contribution < -0.4 is 10.5 Å². The van der Waals surface area contributed by atoms with E-state index in [0.29, 0.717) is 17.9 Å². The van der Waals surface area contributed by atoms with Crippen LogP contribution in [0.4, 0.5) is 0 Å². The third-order valence-corrected chi connectivity index (χ3v) is 1.94. The Morgan fingerprint density at radius 2 is 2.33 bits per heavy atom. The first kappa shape index (κ1) is 7.31. The van der Waals surface area contributed by atoms with E-state index in [9.17, 15) is 4.79 Å². The lowest BCUT2D eigenvalue weighted by atomic mass is 10.1. The maximum absolute atomic E-state index is 11.2. The molecule has 62 valence electrons. The van der Waals surface area contributed by atoms with Crippen molar-refractivity contribution in [2.75, 3.05) is 6.61 Å². The molecule has 0 fully saturated rings. The largest absolute Gasteiger partial charge is 0.485 e. The van der Waals surface area contributed by atoms with Crippen molar-refractivity contribution >= 4 is 5.78 Å². The zero-order chi connectivity index (χ0) is 8.55. The number of benzene rings is 1. The molecule has 1 heterocycles. The van der Waals surface area contributed by atoms with Gasteiger partial charge in [0.1, 0.15) is 5.75 Å². The Kier molecular flexibility index (Phi) is 1.59. The number of carbonyl (C=O) groups excluding carboxylic acids is 1. The third kappa shape index (κ3) is 0.987. The Balaban J connectivity index is 2.50. The van der Waals surface area contributed by atoms with Gasteiger partial charge in [0.15, 0.2) is 6.61 Å². The molecule has 0 aliphatic carbocycles. The molecule has 0 saturated heterocycles. The normalized spacial score (nSPS) is 14.2. The number of rotatable bonds is 1. The number of fused-ring (bicyclic) bond motifs is 1. The second kappa shape index (κ2) is 2.60. The van der Waals surface area contributed by atoms with E-state index in [1.165, 1.54) is 0 Å². The zero-order valence-electron chi connectivity index (χ0n) is 6.54. The zero-order valence-corrected chi connectivity index (χ0v) is 6.54. The minimum Gasteiger partial charge on any atom is -0.485 e. The molecule has 1 aliphatic rings. The molecule has 0 saturated carbocycles. The van der Waals surface area contributed by atoms with Crippen molar-refractivity contribution in [2.24, 2.45) is 5.73 Å². The minimum absolute atomic E-state index is 0.0419. The molecule has 12 heavy (non-hydrogen) atoms. The fourth-order valence-electron chi connectivity index (χ4n) is 1.27. The quantitative estimate of drug-likeness (QED) is 0.663. The van der Waals surface area contributed by atoms with Gasteiger partial charge in [-0.15, -0.1) is 0 Å². The van der Waals surface area contributed by atoms with E-state index in [0.717, 1.165) is 5.56 Å². The van der Waals surface area contributed by atoms with Gasteiger partial charge in [-0.3, -0.25) is 4.79 Å². The highest BCUT2D eigenvalue weighted by Gasteiger charge is 2.20. The van der Waals surface area contributed by atoms with E-state index >= 15 is 0 Å². The molecule has 1 aliphatic heterocycles. The summed E-state index contributed by atoms with van der Waals surface area (Å²) in [5.41, 5.74) is 7.07. The second-order valence-electron chi connectivity index (χ2n) is 2.75. The summed E-state index contributed by atoms with van der Waals surface area (Å²) in [5, 5.41) is 0. The Labute approximate surface area is 70.1 Å². The first-order chi connectivity index (χ1) is 5.81. The lowest BCUT2D eigenvalue weighted by Gasteiger charge is -1.99. The van der Waals surface area contributed by atoms with Crippen LogP contribution in [0, 0.1) is 0 Å². The van der Waals surface area contributed by atoms with Crippen LogP contribution in [-0.4, -0.2) is 12.4 Å². The number of Topliss-reactive ketones (excluding diaryl/α,β-unsaturated/α-hetero) is 1. The van der Waals surface area contributed by atoms with Crippen molar-refractivity contribution in [3.63, 3.8) is 0 Å². The van der Waals surface area contributed by atoms with Gasteiger partial charge in [-0.05, 0) is 17.7 Å². The summed E-state index contributed by atoms with van der Waals surface area (Å²) in [6.07, 6.45) is 0. The van der Waals surface area contributed by atoms with Crippen LogP contribution in [0.1, 0.15) is 15.9 Å². The summed E-state index contributed by atoms with van der Waals surface area (Å²) in [6, 6.07) is 5.46. The van der Waals surface area contributed by atoms with Crippen molar-refractivity contribution in [3.05, 3.63) is 29.3 Å². The van der Waals surface area contributed by atoms with Gasteiger partial charge in [0.25, 0.3) is 0 Å². The third-order valence-electron chi connectivity index (χ3n) is 1.94. The SMILES string of the molecule is NCc1ccc2c(c1)C(=O)CO2. The lowest BCUT2D eigenvalue weighted by molar-refractivity contribution is 0.0961. The lowest BCUT2D eigenvalue weighted by Crippen LogP contribution is -2.00. The minimum atomic E-state index is 0.0419. The number of hydrogen-bond donors (Lipinski definition) is 1. The van der Waals surface area contributed by atoms with Crippen molar-refractivity contribution in [3.8, 4) is 5.75 Å². The molecule has 1 aromatic rings. The van der Waals surface area contributed by atoms with E-state index in [1.54, 1.807) is 12.1 Å². The molecule has 3 nitrogen and oxygen atoms in total. The predicted molar refractivity (Wildman–Crippen MR) is 44.2 cm³/mol. The summed E-state index contributed by atoms with van der Waals surface area (Å²) < 4.78 is 5.12. The second-order valence-corrected chi connectivity index (χ2v) is 2.75. The Morgan fingerprint density at radius 3 is 3.08 bits per heavy atom. The van der Waals surface area contributed by atoms with Crippen LogP contribution in [-0.2, 0) is 6.54 Å². The molecular weight excluding hydrogens is 154 g/mol. The molecule has 0 aromatic heterocycles. The molecule has 0 spiro atoms. The maximum Gasteiger partial charge on any atom is 0.203 e. The summed E-state index contributed by atoms with van der Waals surface area (Å²) in [5.74, 6) is 0.720. The van der Waals surface area contributed by atoms with E-state index < -0.39 is 0 Å². The van der Waals surface area contributed by atoms with Gasteiger partial charge in [-0.1, -0.05) is 6.07 Å². The molecule has 0 atom stereocenters. The average molecular weight is 163 g/mol. The summed E-state index contributed by atoms with van der Waals surface area (Å²) in [7, 11) is 0. The van der Waals surface area contributed by atoms with E-state index in [-0.39, 0.29) is 12.4 Å². The average Bonchev–Trinajstić information content (AvgIpc) is 2.47. The molecular formula is C9H9NO2. The standard InChI is InChI=1S/C9H9NO2/c10-4-6-1-2-9-7(3-6)8(11)5-12-9/h1-3H,4-5,10H2. The van der Waals surface area contributed by atoms with Crippen LogP contribution in [0.5, 0.6) is 5.75 Å². The van der Waals surface area contributed by atoms with Crippen molar-refractivity contribution < 1.29 is 9.53 Å². The Bertz CT molecular complexity index is 333. The van der Waals surface area contributed by atoms with E-state index in [1.807, 2.05) is 6.07 Å². The van der Waals surface area contributed by atoms with Crippen LogP contribution in [0.15, 0.2) is 18.2 Å². The van der Waals surface area contributed by atoms with Gasteiger partial charge >= 0.3 is 0 Å². The Morgan fingerprint density at radius 1 is 1.50 bits per heavy atom. The summed E-state index contributed by atoms with van der Waals surface area (Å²) in [4.78, 5) is 11.2. The van der Waals surface area contributed by atoms with Gasteiger partial charge < -0.3 is 10.5 Å². The van der Waals surface area contributed by atoms with Gasteiger partial charge in [-0.2, -0.15) is 0 Å². The first-order valence-electron chi connectivity index (χ1n) is 3.80. The number of carbonyl (C=O) groups is 1. The Hall–Kier alpha value is -1.35. The summed E-state index contributed by atoms with van der Waals surface area (Å²) >= 11 is 0. The molecule has 0 amide bonds. The van der Waals surface area contributed by atoms with Crippen molar-refractivity contribution in [2.45, 2.75) is 6.54 Å². The number of nitrogens with two attached hydrogens (primary N) is 1. The van der Waals surface area contributed by atoms with Gasteiger partial charge in [0.2, 0.25) is 5.78 Å². The molecule has 1 aromatic carbocycles.